The van der Waals surface area contributed by atoms with E-state index in [0.29, 0.717) is 12.8 Å². The molecule has 0 heterocycles. The number of nitrogens with zero attached hydrogens (tertiary/aromatic N) is 2. The van der Waals surface area contributed by atoms with Crippen molar-refractivity contribution in [3.8, 4) is 0 Å². The van der Waals surface area contributed by atoms with Crippen molar-refractivity contribution in [2.24, 2.45) is 11.7 Å². The summed E-state index contributed by atoms with van der Waals surface area (Å²) in [6.45, 7) is 5.23. The Bertz CT molecular complexity index is 705. The van der Waals surface area contributed by atoms with E-state index < -0.39 is 39.2 Å². The van der Waals surface area contributed by atoms with Gasteiger partial charge in [0.05, 0.1) is 22.5 Å². The van der Waals surface area contributed by atoms with Gasteiger partial charge < -0.3 is 21.5 Å². The van der Waals surface area contributed by atoms with Crippen LogP contribution in [0, 0.1) is 26.1 Å². The second-order valence-electron chi connectivity index (χ2n) is 6.56. The maximum absolute atomic E-state index is 11.7. The number of aliphatic hydroxyl groups is 1. The lowest BCUT2D eigenvalue weighted by atomic mass is 10.0. The van der Waals surface area contributed by atoms with Crippen molar-refractivity contribution < 1.29 is 19.7 Å². The number of carbonyl (C=O) groups is 1. The van der Waals surface area contributed by atoms with Gasteiger partial charge in [0.2, 0.25) is 5.91 Å². The van der Waals surface area contributed by atoms with E-state index >= 15 is 0 Å². The summed E-state index contributed by atoms with van der Waals surface area (Å²) in [6, 6.07) is 0.672. The molecule has 0 radical (unpaired) electrons. The zero-order chi connectivity index (χ0) is 20.7. The summed E-state index contributed by atoms with van der Waals surface area (Å²) in [7, 11) is 0. The molecule has 5 N–H and O–H groups in total. The molecule has 0 saturated heterocycles. The molecular formula is C16H25N5O6. The van der Waals surface area contributed by atoms with Gasteiger partial charge in [-0.25, -0.2) is 0 Å². The lowest BCUT2D eigenvalue weighted by Gasteiger charge is -2.20. The van der Waals surface area contributed by atoms with Crippen molar-refractivity contribution in [2.75, 3.05) is 17.2 Å². The van der Waals surface area contributed by atoms with Gasteiger partial charge in [0.1, 0.15) is 17.4 Å². The van der Waals surface area contributed by atoms with Crippen molar-refractivity contribution in [3.63, 3.8) is 0 Å². The van der Waals surface area contributed by atoms with Crippen LogP contribution in [0.15, 0.2) is 12.1 Å². The minimum atomic E-state index is -0.877. The molecule has 1 rings (SSSR count). The number of nitrogens with one attached hydrogen (secondary N) is 2. The van der Waals surface area contributed by atoms with Crippen LogP contribution in [-0.4, -0.2) is 39.6 Å². The van der Waals surface area contributed by atoms with E-state index in [4.69, 9.17) is 5.73 Å². The summed E-state index contributed by atoms with van der Waals surface area (Å²) in [5.41, 5.74) is 4.26. The highest BCUT2D eigenvalue weighted by atomic mass is 16.6. The lowest BCUT2D eigenvalue weighted by Crippen LogP contribution is -2.36. The Labute approximate surface area is 156 Å². The smallest absolute Gasteiger partial charge is 0.299 e. The van der Waals surface area contributed by atoms with Crippen molar-refractivity contribution in [2.45, 2.75) is 45.7 Å². The Morgan fingerprint density at radius 2 is 1.67 bits per heavy atom. The number of hydrogen-bond donors (Lipinski definition) is 4. The molecule has 150 valence electrons. The highest BCUT2D eigenvalue weighted by molar-refractivity contribution is 5.85. The van der Waals surface area contributed by atoms with E-state index in [2.05, 4.69) is 10.6 Å². The van der Waals surface area contributed by atoms with Crippen LogP contribution >= 0.6 is 0 Å². The van der Waals surface area contributed by atoms with E-state index in [1.54, 1.807) is 6.92 Å². The van der Waals surface area contributed by atoms with Crippen LogP contribution in [-0.2, 0) is 4.79 Å². The summed E-state index contributed by atoms with van der Waals surface area (Å²) in [5.74, 6) is -0.601. The first-order valence-electron chi connectivity index (χ1n) is 8.50. The average Bonchev–Trinajstić information content (AvgIpc) is 2.57. The van der Waals surface area contributed by atoms with Crippen LogP contribution in [0.4, 0.5) is 22.7 Å². The van der Waals surface area contributed by atoms with Gasteiger partial charge in [0.25, 0.3) is 11.4 Å². The van der Waals surface area contributed by atoms with E-state index in [1.807, 2.05) is 13.8 Å². The number of nitrogens with two attached hydrogens (primary N) is 1. The number of hydrogen-bond acceptors (Lipinski definition) is 8. The molecule has 27 heavy (non-hydrogen) atoms. The third-order valence-electron chi connectivity index (χ3n) is 3.96. The molecule has 0 spiro atoms. The summed E-state index contributed by atoms with van der Waals surface area (Å²) < 4.78 is 0. The predicted octanol–water partition coefficient (Wildman–Crippen LogP) is 2.00. The normalized spacial score (nSPS) is 13.1. The second-order valence-corrected chi connectivity index (χ2v) is 6.56. The Hall–Kier alpha value is -2.95. The minimum Gasteiger partial charge on any atom is -0.394 e. The molecule has 11 heteroatoms. The fourth-order valence-corrected chi connectivity index (χ4v) is 2.51. The van der Waals surface area contributed by atoms with Crippen molar-refractivity contribution >= 4 is 28.7 Å². The molecular weight excluding hydrogens is 358 g/mol. The summed E-state index contributed by atoms with van der Waals surface area (Å²) in [6.07, 6.45) is 0.811. The molecule has 1 amide bonds. The molecule has 0 fully saturated rings. The number of rotatable bonds is 11. The van der Waals surface area contributed by atoms with Crippen molar-refractivity contribution in [3.05, 3.63) is 32.4 Å². The van der Waals surface area contributed by atoms with Gasteiger partial charge in [0, 0.05) is 6.04 Å². The van der Waals surface area contributed by atoms with Gasteiger partial charge in [-0.3, -0.25) is 25.0 Å². The van der Waals surface area contributed by atoms with Crippen molar-refractivity contribution in [1.82, 2.24) is 0 Å². The fourth-order valence-electron chi connectivity index (χ4n) is 2.51. The lowest BCUT2D eigenvalue weighted by molar-refractivity contribution is -0.393. The summed E-state index contributed by atoms with van der Waals surface area (Å²) in [5, 5.41) is 37.6. The van der Waals surface area contributed by atoms with Gasteiger partial charge in [-0.1, -0.05) is 20.8 Å². The monoisotopic (exact) mass is 383 g/mol. The quantitative estimate of drug-likeness (QED) is 0.331. The van der Waals surface area contributed by atoms with Gasteiger partial charge in [0.15, 0.2) is 0 Å². The van der Waals surface area contributed by atoms with Crippen LogP contribution in [0.5, 0.6) is 0 Å². The van der Waals surface area contributed by atoms with Crippen molar-refractivity contribution in [1.29, 1.82) is 0 Å². The first-order chi connectivity index (χ1) is 12.6. The zero-order valence-electron chi connectivity index (χ0n) is 15.5. The molecule has 0 saturated carbocycles. The molecule has 11 nitrogen and oxygen atoms in total. The Morgan fingerprint density at radius 1 is 1.15 bits per heavy atom. The van der Waals surface area contributed by atoms with Gasteiger partial charge in [-0.2, -0.15) is 0 Å². The van der Waals surface area contributed by atoms with E-state index in [-0.39, 0.29) is 23.9 Å². The SMILES string of the molecule is CC[C@H](CO)Nc1cc(N[C@@H](CC(C)C)C(N)=O)c([N+](=O)[O-])cc1[N+](=O)[O-]. The average molecular weight is 383 g/mol. The molecule has 0 aliphatic heterocycles. The summed E-state index contributed by atoms with van der Waals surface area (Å²) >= 11 is 0. The van der Waals surface area contributed by atoms with Crippen LogP contribution in [0.2, 0.25) is 0 Å². The topological polar surface area (TPSA) is 174 Å². The molecule has 0 aliphatic rings. The molecule has 1 aromatic carbocycles. The van der Waals surface area contributed by atoms with E-state index in [0.717, 1.165) is 6.07 Å². The number of amides is 1. The third-order valence-corrected chi connectivity index (χ3v) is 3.96. The third kappa shape index (κ3) is 6.06. The molecule has 2 atom stereocenters. The van der Waals surface area contributed by atoms with Crippen LogP contribution in [0.1, 0.15) is 33.6 Å². The Balaban J connectivity index is 3.44. The Morgan fingerprint density at radius 3 is 2.04 bits per heavy atom. The minimum absolute atomic E-state index is 0.00164. The molecule has 0 unspecified atom stereocenters. The first kappa shape index (κ1) is 22.1. The number of anilines is 2. The summed E-state index contributed by atoms with van der Waals surface area (Å²) in [4.78, 5) is 32.9. The highest BCUT2D eigenvalue weighted by Crippen LogP contribution is 2.37. The fraction of sp³-hybridized carbons (Fsp3) is 0.562. The first-order valence-corrected chi connectivity index (χ1v) is 8.50. The van der Waals surface area contributed by atoms with Gasteiger partial charge in [-0.05, 0) is 24.8 Å². The number of nitro benzene ring substituents is 2. The molecule has 0 bridgehead atoms. The molecule has 0 aromatic heterocycles. The zero-order valence-corrected chi connectivity index (χ0v) is 15.5. The molecule has 1 aromatic rings. The number of aliphatic hydroxyl groups excluding tert-OH is 1. The number of carbonyl (C=O) groups excluding carboxylic acids is 1. The number of nitro groups is 2. The second kappa shape index (κ2) is 9.67. The maximum atomic E-state index is 11.7. The predicted molar refractivity (Wildman–Crippen MR) is 101 cm³/mol. The van der Waals surface area contributed by atoms with Crippen LogP contribution in [0.3, 0.4) is 0 Å². The number of primary amides is 1. The molecule has 0 aliphatic carbocycles. The number of benzene rings is 1. The largest absolute Gasteiger partial charge is 0.394 e. The van der Waals surface area contributed by atoms with E-state index in [9.17, 15) is 30.1 Å². The van der Waals surface area contributed by atoms with Gasteiger partial charge in [-0.15, -0.1) is 0 Å². The van der Waals surface area contributed by atoms with E-state index in [1.165, 1.54) is 6.07 Å². The Kier molecular flexibility index (Phi) is 7.91. The maximum Gasteiger partial charge on any atom is 0.299 e. The van der Waals surface area contributed by atoms with Crippen LogP contribution < -0.4 is 16.4 Å². The highest BCUT2D eigenvalue weighted by Gasteiger charge is 2.28. The van der Waals surface area contributed by atoms with Crippen LogP contribution in [0.25, 0.3) is 0 Å². The standard InChI is InChI=1S/C16H25N5O6/c1-4-10(8-22)18-11-6-12(19-13(16(17)23)5-9(2)3)15(21(26)27)7-14(11)20(24)25/h6-7,9-10,13,18-19,22H,4-5,8H2,1-3H3,(H2,17,23)/t10-,13+/m1/s1. The van der Waals surface area contributed by atoms with Gasteiger partial charge >= 0.3 is 0 Å².